The molecule has 2 heterocycles. The third kappa shape index (κ3) is 17.8. The molecule has 1 aromatic rings. The lowest BCUT2D eigenvalue weighted by Crippen LogP contribution is -2.34. The molecule has 196 valence electrons. The molecule has 0 N–H and O–H groups in total. The molecule has 0 bridgehead atoms. The molecule has 5 heteroatoms. The molecular formula is C28H55Cl2N3. The Morgan fingerprint density at radius 1 is 0.667 bits per heavy atom. The lowest BCUT2D eigenvalue weighted by Gasteiger charge is -2.32. The molecular weight excluding hydrogens is 449 g/mol. The zero-order valence-electron chi connectivity index (χ0n) is 21.7. The van der Waals surface area contributed by atoms with E-state index in [1.54, 1.807) is 0 Å². The molecule has 0 aliphatic carbocycles. The first-order valence-electron chi connectivity index (χ1n) is 14.1. The minimum absolute atomic E-state index is 0. The number of imidazole rings is 1. The van der Waals surface area contributed by atoms with Crippen LogP contribution in [0.3, 0.4) is 0 Å². The van der Waals surface area contributed by atoms with E-state index in [1.165, 1.54) is 142 Å². The van der Waals surface area contributed by atoms with Crippen LogP contribution in [0, 0.1) is 5.92 Å². The van der Waals surface area contributed by atoms with E-state index in [4.69, 9.17) is 0 Å². The highest BCUT2D eigenvalue weighted by molar-refractivity contribution is 5.85. The van der Waals surface area contributed by atoms with Crippen LogP contribution in [-0.4, -0.2) is 34.1 Å². The molecule has 0 unspecified atom stereocenters. The van der Waals surface area contributed by atoms with E-state index in [9.17, 15) is 0 Å². The first kappa shape index (κ1) is 32.8. The van der Waals surface area contributed by atoms with E-state index in [1.807, 2.05) is 12.5 Å². The van der Waals surface area contributed by atoms with Crippen molar-refractivity contribution < 1.29 is 0 Å². The summed E-state index contributed by atoms with van der Waals surface area (Å²) in [6, 6.07) is 0. The number of hydrogen-bond acceptors (Lipinski definition) is 2. The lowest BCUT2D eigenvalue weighted by molar-refractivity contribution is 0.173. The van der Waals surface area contributed by atoms with Gasteiger partial charge in [-0.1, -0.05) is 103 Å². The molecule has 3 nitrogen and oxygen atoms in total. The van der Waals surface area contributed by atoms with Gasteiger partial charge in [0.2, 0.25) is 0 Å². The number of aryl methyl sites for hydroxylation is 1. The van der Waals surface area contributed by atoms with Gasteiger partial charge in [-0.3, -0.25) is 0 Å². The molecule has 33 heavy (non-hydrogen) atoms. The van der Waals surface area contributed by atoms with E-state index < -0.39 is 0 Å². The fraction of sp³-hybridized carbons (Fsp3) is 0.893. The van der Waals surface area contributed by atoms with Crippen LogP contribution in [0.4, 0.5) is 0 Å². The van der Waals surface area contributed by atoms with Crippen molar-refractivity contribution in [3.63, 3.8) is 0 Å². The van der Waals surface area contributed by atoms with Crippen LogP contribution in [0.5, 0.6) is 0 Å². The van der Waals surface area contributed by atoms with Gasteiger partial charge in [0.15, 0.2) is 0 Å². The van der Waals surface area contributed by atoms with Crippen molar-refractivity contribution in [2.75, 3.05) is 19.6 Å². The third-order valence-corrected chi connectivity index (χ3v) is 7.39. The molecule has 0 spiro atoms. The number of halogens is 2. The first-order valence-corrected chi connectivity index (χ1v) is 14.1. The van der Waals surface area contributed by atoms with Crippen molar-refractivity contribution in [3.8, 4) is 0 Å². The standard InChI is InChI=1S/C28H53N3.2ClH/c1-2-3-4-5-6-7-8-9-10-11-12-13-14-15-16-17-22-30-23-18-28(19-24-30)20-25-31-26-21-29-27-31;;/h21,26-28H,2-20,22-25H2,1H3;2*1H. The number of likely N-dealkylation sites (tertiary alicyclic amines) is 1. The molecule has 1 saturated heterocycles. The summed E-state index contributed by atoms with van der Waals surface area (Å²) < 4.78 is 2.23. The zero-order chi connectivity index (χ0) is 21.8. The Labute approximate surface area is 218 Å². The minimum Gasteiger partial charge on any atom is -0.337 e. The van der Waals surface area contributed by atoms with Gasteiger partial charge in [-0.15, -0.1) is 24.8 Å². The summed E-state index contributed by atoms with van der Waals surface area (Å²) in [6.45, 7) is 7.44. The number of nitrogens with zero attached hydrogens (tertiary/aromatic N) is 3. The summed E-state index contributed by atoms with van der Waals surface area (Å²) in [5.74, 6) is 0.921. The number of unbranched alkanes of at least 4 members (excludes halogenated alkanes) is 15. The summed E-state index contributed by atoms with van der Waals surface area (Å²) >= 11 is 0. The van der Waals surface area contributed by atoms with E-state index in [2.05, 4.69) is 27.6 Å². The number of piperidine rings is 1. The molecule has 1 aromatic heterocycles. The maximum Gasteiger partial charge on any atom is 0.0945 e. The maximum atomic E-state index is 4.15. The summed E-state index contributed by atoms with van der Waals surface area (Å²) in [7, 11) is 0. The summed E-state index contributed by atoms with van der Waals surface area (Å²) in [5, 5.41) is 0. The highest BCUT2D eigenvalue weighted by Gasteiger charge is 2.18. The van der Waals surface area contributed by atoms with Gasteiger partial charge < -0.3 is 9.47 Å². The van der Waals surface area contributed by atoms with Crippen LogP contribution in [0.1, 0.15) is 129 Å². The predicted octanol–water partition coefficient (Wildman–Crippen LogP) is 9.09. The lowest BCUT2D eigenvalue weighted by atomic mass is 9.93. The van der Waals surface area contributed by atoms with Crippen molar-refractivity contribution in [1.29, 1.82) is 0 Å². The molecule has 0 saturated carbocycles. The Hall–Kier alpha value is -0.250. The third-order valence-electron chi connectivity index (χ3n) is 7.39. The molecule has 1 aliphatic rings. The predicted molar refractivity (Wildman–Crippen MR) is 150 cm³/mol. The van der Waals surface area contributed by atoms with Gasteiger partial charge in [-0.2, -0.15) is 0 Å². The zero-order valence-corrected chi connectivity index (χ0v) is 23.4. The largest absolute Gasteiger partial charge is 0.337 e. The van der Waals surface area contributed by atoms with Gasteiger partial charge >= 0.3 is 0 Å². The summed E-state index contributed by atoms with van der Waals surface area (Å²) in [4.78, 5) is 6.87. The Balaban J connectivity index is 0.00000512. The molecule has 0 radical (unpaired) electrons. The van der Waals surface area contributed by atoms with Crippen molar-refractivity contribution in [3.05, 3.63) is 18.7 Å². The molecule has 1 aliphatic heterocycles. The van der Waals surface area contributed by atoms with Crippen molar-refractivity contribution in [2.45, 2.75) is 135 Å². The summed E-state index contributed by atoms with van der Waals surface area (Å²) in [5.41, 5.74) is 0. The Bertz CT molecular complexity index is 487. The van der Waals surface area contributed by atoms with E-state index in [0.29, 0.717) is 0 Å². The quantitative estimate of drug-likeness (QED) is 0.165. The van der Waals surface area contributed by atoms with Crippen LogP contribution in [0.15, 0.2) is 18.7 Å². The van der Waals surface area contributed by atoms with E-state index in [0.717, 1.165) is 12.5 Å². The van der Waals surface area contributed by atoms with Crippen LogP contribution in [0.2, 0.25) is 0 Å². The number of hydrogen-bond donors (Lipinski definition) is 0. The van der Waals surface area contributed by atoms with Crippen molar-refractivity contribution in [1.82, 2.24) is 14.5 Å². The fourth-order valence-corrected chi connectivity index (χ4v) is 5.13. The Kier molecular flexibility index (Phi) is 23.3. The second-order valence-electron chi connectivity index (χ2n) is 10.2. The normalized spacial score (nSPS) is 14.7. The highest BCUT2D eigenvalue weighted by atomic mass is 35.5. The van der Waals surface area contributed by atoms with Gasteiger partial charge in [0.25, 0.3) is 0 Å². The second kappa shape index (κ2) is 23.5. The SMILES string of the molecule is CCCCCCCCCCCCCCCCCCN1CCC(CCn2ccnc2)CC1.Cl.Cl. The minimum atomic E-state index is 0. The van der Waals surface area contributed by atoms with Gasteiger partial charge in [0.1, 0.15) is 0 Å². The molecule has 0 aromatic carbocycles. The Morgan fingerprint density at radius 3 is 1.61 bits per heavy atom. The number of aromatic nitrogens is 2. The molecule has 2 rings (SSSR count). The topological polar surface area (TPSA) is 21.1 Å². The van der Waals surface area contributed by atoms with Crippen LogP contribution in [0.25, 0.3) is 0 Å². The average molecular weight is 505 g/mol. The molecule has 0 atom stereocenters. The van der Waals surface area contributed by atoms with Gasteiger partial charge in [-0.05, 0) is 51.2 Å². The fourth-order valence-electron chi connectivity index (χ4n) is 5.13. The smallest absolute Gasteiger partial charge is 0.0945 e. The van der Waals surface area contributed by atoms with Gasteiger partial charge in [0.05, 0.1) is 6.33 Å². The summed E-state index contributed by atoms with van der Waals surface area (Å²) in [6.07, 6.45) is 33.4. The van der Waals surface area contributed by atoms with Crippen LogP contribution >= 0.6 is 24.8 Å². The molecule has 0 amide bonds. The van der Waals surface area contributed by atoms with E-state index in [-0.39, 0.29) is 24.8 Å². The van der Waals surface area contributed by atoms with Gasteiger partial charge in [-0.25, -0.2) is 4.98 Å². The maximum absolute atomic E-state index is 4.15. The second-order valence-corrected chi connectivity index (χ2v) is 10.2. The van der Waals surface area contributed by atoms with Gasteiger partial charge in [0, 0.05) is 18.9 Å². The average Bonchev–Trinajstić information content (AvgIpc) is 3.32. The highest BCUT2D eigenvalue weighted by Crippen LogP contribution is 2.21. The van der Waals surface area contributed by atoms with Crippen LogP contribution < -0.4 is 0 Å². The van der Waals surface area contributed by atoms with Crippen LogP contribution in [-0.2, 0) is 6.54 Å². The van der Waals surface area contributed by atoms with Crippen molar-refractivity contribution in [2.24, 2.45) is 5.92 Å². The monoisotopic (exact) mass is 503 g/mol. The van der Waals surface area contributed by atoms with Crippen molar-refractivity contribution >= 4 is 24.8 Å². The van der Waals surface area contributed by atoms with E-state index >= 15 is 0 Å². The first-order chi connectivity index (χ1) is 15.4. The Morgan fingerprint density at radius 2 is 1.15 bits per heavy atom. The molecule has 1 fully saturated rings. The number of rotatable bonds is 20.